The highest BCUT2D eigenvalue weighted by Gasteiger charge is 2.19. The topological polar surface area (TPSA) is 106 Å². The summed E-state index contributed by atoms with van der Waals surface area (Å²) in [5.41, 5.74) is 2.20. The lowest BCUT2D eigenvalue weighted by Crippen LogP contribution is -2.24. The van der Waals surface area contributed by atoms with Gasteiger partial charge in [0.25, 0.3) is 5.56 Å². The average molecular weight is 452 g/mol. The Kier molecular flexibility index (Phi) is 6.24. The number of aryl methyl sites for hydroxylation is 2. The molecule has 9 heteroatoms. The highest BCUT2D eigenvalue weighted by molar-refractivity contribution is 7.90. The van der Waals surface area contributed by atoms with Crippen LogP contribution in [0.4, 0.5) is 0 Å². The van der Waals surface area contributed by atoms with Crippen molar-refractivity contribution in [2.24, 2.45) is 7.05 Å². The van der Waals surface area contributed by atoms with E-state index in [-0.39, 0.29) is 23.5 Å². The van der Waals surface area contributed by atoms with Gasteiger partial charge >= 0.3 is 0 Å². The summed E-state index contributed by atoms with van der Waals surface area (Å²) in [7, 11) is -1.70. The number of aliphatic hydroxyl groups excluding tert-OH is 1. The van der Waals surface area contributed by atoms with Crippen LogP contribution in [0.3, 0.4) is 0 Å². The lowest BCUT2D eigenvalue weighted by atomic mass is 9.98. The van der Waals surface area contributed by atoms with Gasteiger partial charge in [0.1, 0.15) is 12.4 Å². The summed E-state index contributed by atoms with van der Waals surface area (Å²) in [4.78, 5) is 13.3. The molecular weight excluding hydrogens is 430 g/mol. The molecule has 0 aliphatic heterocycles. The van der Waals surface area contributed by atoms with Gasteiger partial charge in [0, 0.05) is 30.7 Å². The summed E-state index contributed by atoms with van der Waals surface area (Å²) in [5, 5.41) is 19.3. The third-order valence-electron chi connectivity index (χ3n) is 4.94. The molecule has 2 aromatic carbocycles. The third kappa shape index (κ3) is 4.37. The number of fused-ring (bicyclic) bond motifs is 1. The second-order valence-electron chi connectivity index (χ2n) is 7.12. The van der Waals surface area contributed by atoms with Crippen molar-refractivity contribution in [1.29, 1.82) is 0 Å². The van der Waals surface area contributed by atoms with E-state index in [1.54, 1.807) is 38.2 Å². The van der Waals surface area contributed by atoms with Crippen LogP contribution in [0.2, 0.25) is 5.02 Å². The number of hydrogen-bond donors (Lipinski definition) is 2. The zero-order valence-corrected chi connectivity index (χ0v) is 18.3. The number of halogens is 1. The molecule has 0 aliphatic rings. The Morgan fingerprint density at radius 2 is 1.77 bits per heavy atom. The van der Waals surface area contributed by atoms with E-state index in [0.717, 1.165) is 11.8 Å². The molecular formula is C21H22ClNO6S. The quantitative estimate of drug-likeness (QED) is 0.556. The van der Waals surface area contributed by atoms with Gasteiger partial charge in [0.05, 0.1) is 15.4 Å². The van der Waals surface area contributed by atoms with Crippen LogP contribution in [0.15, 0.2) is 46.1 Å². The molecule has 0 aliphatic carbocycles. The molecule has 0 saturated carbocycles. The predicted octanol–water partition coefficient (Wildman–Crippen LogP) is 2.18. The van der Waals surface area contributed by atoms with Gasteiger partial charge in [-0.05, 0) is 42.3 Å². The number of nitrogens with zero attached hydrogens (tertiary/aromatic N) is 1. The Morgan fingerprint density at radius 3 is 2.33 bits per heavy atom. The fraction of sp³-hybridized carbons (Fsp3) is 0.286. The predicted molar refractivity (Wildman–Crippen MR) is 115 cm³/mol. The Labute approximate surface area is 179 Å². The highest BCUT2D eigenvalue weighted by atomic mass is 35.5. The summed E-state index contributed by atoms with van der Waals surface area (Å²) >= 11 is 6.34. The molecule has 7 nitrogen and oxygen atoms in total. The summed E-state index contributed by atoms with van der Waals surface area (Å²) in [6, 6.07) is 9.59. The van der Waals surface area contributed by atoms with E-state index < -0.39 is 16.1 Å². The number of hydrogen-bond acceptors (Lipinski definition) is 6. The number of benzene rings is 2. The van der Waals surface area contributed by atoms with E-state index in [1.165, 1.54) is 16.7 Å². The van der Waals surface area contributed by atoms with Gasteiger partial charge in [0.15, 0.2) is 16.1 Å². The number of rotatable bonds is 6. The van der Waals surface area contributed by atoms with Crippen molar-refractivity contribution < 1.29 is 23.4 Å². The molecule has 160 valence electrons. The van der Waals surface area contributed by atoms with Crippen molar-refractivity contribution in [1.82, 2.24) is 4.57 Å². The largest absolute Gasteiger partial charge is 0.488 e. The summed E-state index contributed by atoms with van der Waals surface area (Å²) in [6.45, 7) is 1.45. The molecule has 1 aromatic heterocycles. The molecule has 1 heterocycles. The molecule has 3 aromatic rings. The molecule has 0 spiro atoms. The number of pyridine rings is 1. The SMILES string of the molecule is Cc1c(Cc2ccc(S(C)(=O)=O)cc2)c(=O)n(C)c2c(Cl)ccc(OCC(O)O)c12. The van der Waals surface area contributed by atoms with Gasteiger partial charge in [-0.15, -0.1) is 0 Å². The number of aromatic nitrogens is 1. The van der Waals surface area contributed by atoms with Crippen molar-refractivity contribution >= 4 is 32.3 Å². The van der Waals surface area contributed by atoms with E-state index in [1.807, 2.05) is 0 Å². The van der Waals surface area contributed by atoms with Crippen molar-refractivity contribution in [3.05, 3.63) is 68.5 Å². The fourth-order valence-electron chi connectivity index (χ4n) is 3.40. The van der Waals surface area contributed by atoms with E-state index in [4.69, 9.17) is 26.6 Å². The fourth-order valence-corrected chi connectivity index (χ4v) is 4.32. The van der Waals surface area contributed by atoms with Crippen LogP contribution in [0.25, 0.3) is 10.9 Å². The number of sulfone groups is 1. The molecule has 0 bridgehead atoms. The van der Waals surface area contributed by atoms with Crippen LogP contribution in [-0.4, -0.2) is 42.4 Å². The highest BCUT2D eigenvalue weighted by Crippen LogP contribution is 2.34. The molecule has 0 amide bonds. The molecule has 0 radical (unpaired) electrons. The Morgan fingerprint density at radius 1 is 1.13 bits per heavy atom. The zero-order valence-electron chi connectivity index (χ0n) is 16.7. The summed E-state index contributed by atoms with van der Waals surface area (Å²) in [6.07, 6.45) is -0.219. The minimum Gasteiger partial charge on any atom is -0.488 e. The first kappa shape index (κ1) is 22.3. The van der Waals surface area contributed by atoms with E-state index in [2.05, 4.69) is 0 Å². The van der Waals surface area contributed by atoms with Gasteiger partial charge in [-0.1, -0.05) is 23.7 Å². The Hall–Kier alpha value is -2.39. The maximum atomic E-state index is 13.1. The molecule has 3 rings (SSSR count). The molecule has 0 fully saturated rings. The Balaban J connectivity index is 2.15. The zero-order chi connectivity index (χ0) is 22.2. The van der Waals surface area contributed by atoms with Crippen molar-refractivity contribution in [2.75, 3.05) is 12.9 Å². The second kappa shape index (κ2) is 8.39. The van der Waals surface area contributed by atoms with Crippen molar-refractivity contribution in [3.8, 4) is 5.75 Å². The van der Waals surface area contributed by atoms with E-state index in [9.17, 15) is 13.2 Å². The van der Waals surface area contributed by atoms with Crippen LogP contribution in [-0.2, 0) is 23.3 Å². The molecule has 0 unspecified atom stereocenters. The lowest BCUT2D eigenvalue weighted by Gasteiger charge is -2.18. The van der Waals surface area contributed by atoms with Gasteiger partial charge in [0.2, 0.25) is 0 Å². The summed E-state index contributed by atoms with van der Waals surface area (Å²) < 4.78 is 30.3. The first-order chi connectivity index (χ1) is 14.0. The minimum absolute atomic E-state index is 0.208. The maximum Gasteiger partial charge on any atom is 0.254 e. The third-order valence-corrected chi connectivity index (χ3v) is 6.37. The number of aliphatic hydroxyl groups is 2. The normalized spacial score (nSPS) is 12.0. The second-order valence-corrected chi connectivity index (χ2v) is 9.54. The first-order valence-electron chi connectivity index (χ1n) is 9.09. The van der Waals surface area contributed by atoms with Gasteiger partial charge < -0.3 is 19.5 Å². The van der Waals surface area contributed by atoms with E-state index >= 15 is 0 Å². The monoisotopic (exact) mass is 451 g/mol. The van der Waals surface area contributed by atoms with Crippen LogP contribution in [0, 0.1) is 6.92 Å². The number of ether oxygens (including phenoxy) is 1. The molecule has 30 heavy (non-hydrogen) atoms. The smallest absolute Gasteiger partial charge is 0.254 e. The van der Waals surface area contributed by atoms with E-state index in [0.29, 0.717) is 32.8 Å². The van der Waals surface area contributed by atoms with Crippen LogP contribution in [0.5, 0.6) is 5.75 Å². The van der Waals surface area contributed by atoms with Crippen LogP contribution >= 0.6 is 11.6 Å². The van der Waals surface area contributed by atoms with Crippen LogP contribution in [0.1, 0.15) is 16.7 Å². The molecule has 0 saturated heterocycles. The van der Waals surface area contributed by atoms with Crippen molar-refractivity contribution in [2.45, 2.75) is 24.5 Å². The van der Waals surface area contributed by atoms with Gasteiger partial charge in [-0.3, -0.25) is 4.79 Å². The van der Waals surface area contributed by atoms with Crippen molar-refractivity contribution in [3.63, 3.8) is 0 Å². The van der Waals surface area contributed by atoms with Crippen LogP contribution < -0.4 is 10.3 Å². The lowest BCUT2D eigenvalue weighted by molar-refractivity contribution is -0.0677. The minimum atomic E-state index is -3.31. The standard InChI is InChI=1S/C21H22ClNO6S/c1-12-15(10-13-4-6-14(7-5-13)30(3,27)28)21(26)23(2)20-16(22)8-9-17(19(12)20)29-11-18(24)25/h4-9,18,24-25H,10-11H2,1-3H3. The molecule has 2 N–H and O–H groups in total. The molecule has 0 atom stereocenters. The van der Waals surface area contributed by atoms with Gasteiger partial charge in [-0.2, -0.15) is 0 Å². The first-order valence-corrected chi connectivity index (χ1v) is 11.4. The summed E-state index contributed by atoms with van der Waals surface area (Å²) in [5.74, 6) is 0.379. The van der Waals surface area contributed by atoms with Gasteiger partial charge in [-0.25, -0.2) is 8.42 Å². The Bertz CT molecular complexity index is 1260. The maximum absolute atomic E-state index is 13.1. The average Bonchev–Trinajstić information content (AvgIpc) is 2.68.